The summed E-state index contributed by atoms with van der Waals surface area (Å²) in [6.45, 7) is 2.71. The minimum absolute atomic E-state index is 0.185. The maximum atomic E-state index is 12.0. The van der Waals surface area contributed by atoms with E-state index in [1.54, 1.807) is 11.3 Å². The van der Waals surface area contributed by atoms with E-state index in [0.29, 0.717) is 31.0 Å². The van der Waals surface area contributed by atoms with Crippen LogP contribution in [0.2, 0.25) is 0 Å². The van der Waals surface area contributed by atoms with Gasteiger partial charge in [0.25, 0.3) is 0 Å². The molecule has 2 saturated heterocycles. The summed E-state index contributed by atoms with van der Waals surface area (Å²) in [4.78, 5) is 17.7. The van der Waals surface area contributed by atoms with Crippen molar-refractivity contribution in [3.05, 3.63) is 16.1 Å². The number of fused-ring (bicyclic) bond motifs is 2. The first-order chi connectivity index (χ1) is 9.72. The van der Waals surface area contributed by atoms with Gasteiger partial charge in [-0.3, -0.25) is 4.79 Å². The highest BCUT2D eigenvalue weighted by molar-refractivity contribution is 7.11. The van der Waals surface area contributed by atoms with Crippen molar-refractivity contribution >= 4 is 17.2 Å². The van der Waals surface area contributed by atoms with Crippen molar-refractivity contribution in [2.45, 2.75) is 64.1 Å². The number of aromatic nitrogens is 1. The Balaban J connectivity index is 1.43. The molecule has 5 heteroatoms. The van der Waals surface area contributed by atoms with Crippen LogP contribution in [0.3, 0.4) is 0 Å². The lowest BCUT2D eigenvalue weighted by Gasteiger charge is -2.28. The van der Waals surface area contributed by atoms with Crippen molar-refractivity contribution in [2.24, 2.45) is 5.92 Å². The molecular formula is C15H23N3OS. The van der Waals surface area contributed by atoms with Crippen molar-refractivity contribution in [1.29, 1.82) is 0 Å². The van der Waals surface area contributed by atoms with E-state index in [9.17, 15) is 4.79 Å². The van der Waals surface area contributed by atoms with Gasteiger partial charge < -0.3 is 10.6 Å². The summed E-state index contributed by atoms with van der Waals surface area (Å²) in [5.41, 5.74) is 0. The number of aryl methyl sites for hydroxylation is 1. The largest absolute Gasteiger partial charge is 0.350 e. The third kappa shape index (κ3) is 3.38. The zero-order chi connectivity index (χ0) is 13.9. The molecule has 1 aromatic rings. The first-order valence-electron chi connectivity index (χ1n) is 7.69. The maximum Gasteiger partial charge on any atom is 0.220 e. The zero-order valence-corrected chi connectivity index (χ0v) is 12.8. The van der Waals surface area contributed by atoms with Crippen molar-refractivity contribution in [1.82, 2.24) is 15.6 Å². The third-order valence-corrected chi connectivity index (χ3v) is 5.57. The van der Waals surface area contributed by atoms with Crippen LogP contribution in [0.1, 0.15) is 48.9 Å². The van der Waals surface area contributed by atoms with Gasteiger partial charge >= 0.3 is 0 Å². The predicted molar refractivity (Wildman–Crippen MR) is 80.6 cm³/mol. The minimum atomic E-state index is 0.185. The van der Waals surface area contributed by atoms with Crippen molar-refractivity contribution in [3.8, 4) is 0 Å². The molecule has 2 fully saturated rings. The Labute approximate surface area is 124 Å². The van der Waals surface area contributed by atoms with Gasteiger partial charge in [-0.2, -0.15) is 0 Å². The maximum absolute atomic E-state index is 12.0. The van der Waals surface area contributed by atoms with Crippen molar-refractivity contribution in [3.63, 3.8) is 0 Å². The molecule has 2 unspecified atom stereocenters. The number of hydrogen-bond donors (Lipinski definition) is 2. The average Bonchev–Trinajstić information content (AvgIpc) is 3.03. The molecule has 3 heterocycles. The SMILES string of the molecule is CCc1cnc(CNC(=O)CC2CC3CCC(C2)N3)s1. The van der Waals surface area contributed by atoms with Crippen LogP contribution in [-0.4, -0.2) is 23.0 Å². The quantitative estimate of drug-likeness (QED) is 0.875. The summed E-state index contributed by atoms with van der Waals surface area (Å²) in [7, 11) is 0. The standard InChI is InChI=1S/C15H23N3OS/c1-2-13-8-17-15(20-13)9-16-14(19)7-10-5-11-3-4-12(6-10)18-11/h8,10-12,18H,2-7,9H2,1H3,(H,16,19). The number of carbonyl (C=O) groups excluding carboxylic acids is 1. The lowest BCUT2D eigenvalue weighted by atomic mass is 9.89. The molecule has 1 amide bonds. The second-order valence-electron chi connectivity index (χ2n) is 6.03. The molecule has 0 aliphatic carbocycles. The Morgan fingerprint density at radius 1 is 1.45 bits per heavy atom. The Kier molecular flexibility index (Phi) is 4.36. The van der Waals surface area contributed by atoms with Crippen molar-refractivity contribution < 1.29 is 4.79 Å². The Bertz CT molecular complexity index is 461. The molecular weight excluding hydrogens is 270 g/mol. The molecule has 0 aromatic carbocycles. The number of amides is 1. The van der Waals surface area contributed by atoms with Gasteiger partial charge in [0.05, 0.1) is 6.54 Å². The summed E-state index contributed by atoms with van der Waals surface area (Å²) in [6, 6.07) is 1.33. The lowest BCUT2D eigenvalue weighted by Crippen LogP contribution is -2.39. The van der Waals surface area contributed by atoms with Crippen LogP contribution >= 0.6 is 11.3 Å². The van der Waals surface area contributed by atoms with E-state index in [0.717, 1.165) is 11.4 Å². The van der Waals surface area contributed by atoms with E-state index < -0.39 is 0 Å². The fraction of sp³-hybridized carbons (Fsp3) is 0.733. The van der Waals surface area contributed by atoms with Crippen LogP contribution in [-0.2, 0) is 17.8 Å². The monoisotopic (exact) mass is 293 g/mol. The Morgan fingerprint density at radius 3 is 2.85 bits per heavy atom. The molecule has 20 heavy (non-hydrogen) atoms. The van der Waals surface area contributed by atoms with Gasteiger partial charge in [-0.1, -0.05) is 6.92 Å². The predicted octanol–water partition coefficient (Wildman–Crippen LogP) is 2.24. The smallest absolute Gasteiger partial charge is 0.220 e. The number of piperidine rings is 1. The highest BCUT2D eigenvalue weighted by atomic mass is 32.1. The molecule has 2 atom stereocenters. The van der Waals surface area contributed by atoms with Crippen LogP contribution in [0.5, 0.6) is 0 Å². The molecule has 0 radical (unpaired) electrons. The number of rotatable bonds is 5. The van der Waals surface area contributed by atoms with E-state index in [1.807, 2.05) is 6.20 Å². The average molecular weight is 293 g/mol. The van der Waals surface area contributed by atoms with Crippen LogP contribution in [0.4, 0.5) is 0 Å². The fourth-order valence-electron chi connectivity index (χ4n) is 3.44. The molecule has 4 nitrogen and oxygen atoms in total. The molecule has 2 aliphatic rings. The van der Waals surface area contributed by atoms with E-state index in [4.69, 9.17) is 0 Å². The van der Waals surface area contributed by atoms with Gasteiger partial charge in [-0.25, -0.2) is 4.98 Å². The number of carbonyl (C=O) groups is 1. The minimum Gasteiger partial charge on any atom is -0.350 e. The first kappa shape index (κ1) is 14.0. The number of nitrogens with zero attached hydrogens (tertiary/aromatic N) is 1. The van der Waals surface area contributed by atoms with Crippen LogP contribution in [0, 0.1) is 5.92 Å². The van der Waals surface area contributed by atoms with Crippen LogP contribution in [0.15, 0.2) is 6.20 Å². The highest BCUT2D eigenvalue weighted by Gasteiger charge is 2.34. The highest BCUT2D eigenvalue weighted by Crippen LogP contribution is 2.32. The summed E-state index contributed by atoms with van der Waals surface area (Å²) < 4.78 is 0. The summed E-state index contributed by atoms with van der Waals surface area (Å²) in [6.07, 6.45) is 8.53. The Morgan fingerprint density at radius 2 is 2.20 bits per heavy atom. The summed E-state index contributed by atoms with van der Waals surface area (Å²) in [5, 5.41) is 7.66. The molecule has 0 saturated carbocycles. The molecule has 2 aliphatic heterocycles. The van der Waals surface area contributed by atoms with Gasteiger partial charge in [0, 0.05) is 29.6 Å². The lowest BCUT2D eigenvalue weighted by molar-refractivity contribution is -0.122. The van der Waals surface area contributed by atoms with Crippen molar-refractivity contribution in [2.75, 3.05) is 0 Å². The van der Waals surface area contributed by atoms with E-state index in [1.165, 1.54) is 30.6 Å². The molecule has 3 rings (SSSR count). The summed E-state index contributed by atoms with van der Waals surface area (Å²) >= 11 is 1.70. The topological polar surface area (TPSA) is 54.0 Å². The number of hydrogen-bond acceptors (Lipinski definition) is 4. The van der Waals surface area contributed by atoms with E-state index in [2.05, 4.69) is 22.5 Å². The fourth-order valence-corrected chi connectivity index (χ4v) is 4.25. The molecule has 2 bridgehead atoms. The molecule has 0 spiro atoms. The third-order valence-electron chi connectivity index (χ3n) is 4.43. The number of nitrogens with one attached hydrogen (secondary N) is 2. The van der Waals surface area contributed by atoms with Gasteiger partial charge in [-0.15, -0.1) is 11.3 Å². The number of thiazole rings is 1. The summed E-state index contributed by atoms with van der Waals surface area (Å²) in [5.74, 6) is 0.751. The van der Waals surface area contributed by atoms with Gasteiger partial charge in [0.15, 0.2) is 0 Å². The van der Waals surface area contributed by atoms with Gasteiger partial charge in [0.2, 0.25) is 5.91 Å². The second-order valence-corrected chi connectivity index (χ2v) is 7.23. The van der Waals surface area contributed by atoms with E-state index >= 15 is 0 Å². The molecule has 2 N–H and O–H groups in total. The Hall–Kier alpha value is -0.940. The molecule has 110 valence electrons. The van der Waals surface area contributed by atoms with Gasteiger partial charge in [-0.05, 0) is 38.0 Å². The second kappa shape index (κ2) is 6.22. The van der Waals surface area contributed by atoms with Crippen LogP contribution in [0.25, 0.3) is 0 Å². The normalized spacial score (nSPS) is 28.6. The first-order valence-corrected chi connectivity index (χ1v) is 8.51. The van der Waals surface area contributed by atoms with Crippen LogP contribution < -0.4 is 10.6 Å². The zero-order valence-electron chi connectivity index (χ0n) is 12.0. The van der Waals surface area contributed by atoms with Gasteiger partial charge in [0.1, 0.15) is 5.01 Å². The van der Waals surface area contributed by atoms with E-state index in [-0.39, 0.29) is 5.91 Å². The molecule has 1 aromatic heterocycles.